The van der Waals surface area contributed by atoms with Crippen molar-refractivity contribution in [1.82, 2.24) is 15.0 Å². The first-order valence-electron chi connectivity index (χ1n) is 6.09. The second-order valence-electron chi connectivity index (χ2n) is 2.89. The SMILES string of the molecule is CC.CC.CCc1ccc2c(c1)nnn2C. The summed E-state index contributed by atoms with van der Waals surface area (Å²) in [4.78, 5) is 0. The highest BCUT2D eigenvalue weighted by Crippen LogP contribution is 2.12. The Morgan fingerprint density at radius 2 is 1.75 bits per heavy atom. The Kier molecular flexibility index (Phi) is 7.18. The monoisotopic (exact) mass is 221 g/mol. The Labute approximate surface area is 98.5 Å². The molecule has 0 unspecified atom stereocenters. The van der Waals surface area contributed by atoms with E-state index < -0.39 is 0 Å². The van der Waals surface area contributed by atoms with Crippen LogP contribution in [0.2, 0.25) is 0 Å². The lowest BCUT2D eigenvalue weighted by molar-refractivity contribution is 0.736. The summed E-state index contributed by atoms with van der Waals surface area (Å²) in [5.41, 5.74) is 3.38. The summed E-state index contributed by atoms with van der Waals surface area (Å²) in [5.74, 6) is 0. The van der Waals surface area contributed by atoms with Crippen molar-refractivity contribution in [2.45, 2.75) is 41.0 Å². The molecule has 0 atom stereocenters. The topological polar surface area (TPSA) is 30.7 Å². The normalized spacial score (nSPS) is 8.88. The van der Waals surface area contributed by atoms with Gasteiger partial charge in [0.15, 0.2) is 0 Å². The van der Waals surface area contributed by atoms with E-state index in [0.29, 0.717) is 0 Å². The third-order valence-electron chi connectivity index (χ3n) is 2.08. The van der Waals surface area contributed by atoms with Crippen molar-refractivity contribution in [3.05, 3.63) is 23.8 Å². The van der Waals surface area contributed by atoms with E-state index in [0.717, 1.165) is 17.5 Å². The van der Waals surface area contributed by atoms with Crippen LogP contribution in [0.15, 0.2) is 18.2 Å². The second-order valence-corrected chi connectivity index (χ2v) is 2.89. The Morgan fingerprint density at radius 1 is 1.12 bits per heavy atom. The van der Waals surface area contributed by atoms with E-state index in [-0.39, 0.29) is 0 Å². The zero-order chi connectivity index (χ0) is 12.6. The summed E-state index contributed by atoms with van der Waals surface area (Å²) in [6, 6.07) is 6.27. The quantitative estimate of drug-likeness (QED) is 0.737. The minimum absolute atomic E-state index is 0.983. The van der Waals surface area contributed by atoms with E-state index in [2.05, 4.69) is 35.4 Å². The predicted molar refractivity (Wildman–Crippen MR) is 70.6 cm³/mol. The molecule has 16 heavy (non-hydrogen) atoms. The third-order valence-corrected chi connectivity index (χ3v) is 2.08. The molecular formula is C13H23N3. The van der Waals surface area contributed by atoms with Crippen molar-refractivity contribution in [2.24, 2.45) is 7.05 Å². The van der Waals surface area contributed by atoms with Gasteiger partial charge in [-0.2, -0.15) is 0 Å². The summed E-state index contributed by atoms with van der Waals surface area (Å²) >= 11 is 0. The Hall–Kier alpha value is -1.38. The van der Waals surface area contributed by atoms with Crippen molar-refractivity contribution in [3.63, 3.8) is 0 Å². The Morgan fingerprint density at radius 3 is 2.31 bits per heavy atom. The van der Waals surface area contributed by atoms with Gasteiger partial charge in [0.05, 0.1) is 5.52 Å². The molecule has 3 heteroatoms. The maximum Gasteiger partial charge on any atom is 0.113 e. The van der Waals surface area contributed by atoms with Crippen molar-refractivity contribution in [1.29, 1.82) is 0 Å². The van der Waals surface area contributed by atoms with Crippen molar-refractivity contribution >= 4 is 11.0 Å². The van der Waals surface area contributed by atoms with Crippen molar-refractivity contribution in [2.75, 3.05) is 0 Å². The summed E-state index contributed by atoms with van der Waals surface area (Å²) in [6.07, 6.45) is 1.05. The molecule has 1 aromatic carbocycles. The largest absolute Gasteiger partial charge is 0.248 e. The minimum Gasteiger partial charge on any atom is -0.248 e. The molecule has 0 amide bonds. The van der Waals surface area contributed by atoms with Gasteiger partial charge in [-0.15, -0.1) is 5.10 Å². The van der Waals surface area contributed by atoms with E-state index >= 15 is 0 Å². The number of nitrogens with zero attached hydrogens (tertiary/aromatic N) is 3. The number of rotatable bonds is 1. The molecule has 1 aromatic heterocycles. The highest BCUT2D eigenvalue weighted by molar-refractivity contribution is 5.74. The lowest BCUT2D eigenvalue weighted by Gasteiger charge is -1.95. The molecule has 0 fully saturated rings. The van der Waals surface area contributed by atoms with Gasteiger partial charge in [-0.25, -0.2) is 4.68 Å². The van der Waals surface area contributed by atoms with Gasteiger partial charge in [-0.1, -0.05) is 45.9 Å². The number of aromatic nitrogens is 3. The van der Waals surface area contributed by atoms with Crippen LogP contribution in [0.5, 0.6) is 0 Å². The molecule has 90 valence electrons. The van der Waals surface area contributed by atoms with Gasteiger partial charge in [0.1, 0.15) is 5.52 Å². The average Bonchev–Trinajstić information content (AvgIpc) is 2.75. The van der Waals surface area contributed by atoms with Gasteiger partial charge in [0.2, 0.25) is 0 Å². The van der Waals surface area contributed by atoms with Crippen LogP contribution >= 0.6 is 0 Å². The van der Waals surface area contributed by atoms with Crippen LogP contribution in [0.1, 0.15) is 40.2 Å². The van der Waals surface area contributed by atoms with Gasteiger partial charge in [0.25, 0.3) is 0 Å². The van der Waals surface area contributed by atoms with Crippen molar-refractivity contribution < 1.29 is 0 Å². The van der Waals surface area contributed by atoms with Gasteiger partial charge in [0, 0.05) is 7.05 Å². The van der Waals surface area contributed by atoms with Gasteiger partial charge in [-0.3, -0.25) is 0 Å². The van der Waals surface area contributed by atoms with Crippen molar-refractivity contribution in [3.8, 4) is 0 Å². The second kappa shape index (κ2) is 7.85. The summed E-state index contributed by atoms with van der Waals surface area (Å²) in [6.45, 7) is 10.1. The molecule has 2 aromatic rings. The molecule has 0 bridgehead atoms. The molecular weight excluding hydrogens is 198 g/mol. The summed E-state index contributed by atoms with van der Waals surface area (Å²) in [5, 5.41) is 7.98. The van der Waals surface area contributed by atoms with E-state index in [4.69, 9.17) is 0 Å². The van der Waals surface area contributed by atoms with Crippen LogP contribution in [0.25, 0.3) is 11.0 Å². The highest BCUT2D eigenvalue weighted by Gasteiger charge is 2.00. The molecule has 1 heterocycles. The van der Waals surface area contributed by atoms with Crippen LogP contribution < -0.4 is 0 Å². The first-order valence-corrected chi connectivity index (χ1v) is 6.09. The van der Waals surface area contributed by atoms with E-state index in [1.54, 1.807) is 4.68 Å². The molecule has 0 N–H and O–H groups in total. The fourth-order valence-corrected chi connectivity index (χ4v) is 1.31. The maximum absolute atomic E-state index is 4.04. The Balaban J connectivity index is 0.000000509. The van der Waals surface area contributed by atoms with E-state index in [9.17, 15) is 0 Å². The van der Waals surface area contributed by atoms with Gasteiger partial charge >= 0.3 is 0 Å². The zero-order valence-electron chi connectivity index (χ0n) is 11.3. The molecule has 3 nitrogen and oxygen atoms in total. The lowest BCUT2D eigenvalue weighted by Crippen LogP contribution is -1.89. The maximum atomic E-state index is 4.04. The molecule has 2 rings (SSSR count). The molecule has 0 saturated heterocycles. The first-order chi connectivity index (χ1) is 7.81. The molecule has 0 aliphatic carbocycles. The number of benzene rings is 1. The molecule has 0 radical (unpaired) electrons. The smallest absolute Gasteiger partial charge is 0.113 e. The van der Waals surface area contributed by atoms with Crippen LogP contribution in [0, 0.1) is 0 Å². The van der Waals surface area contributed by atoms with Gasteiger partial charge < -0.3 is 0 Å². The van der Waals surface area contributed by atoms with Crippen LogP contribution in [-0.4, -0.2) is 15.0 Å². The minimum atomic E-state index is 0.983. The number of hydrogen-bond acceptors (Lipinski definition) is 2. The highest BCUT2D eigenvalue weighted by atomic mass is 15.4. The molecule has 0 aliphatic heterocycles. The summed E-state index contributed by atoms with van der Waals surface area (Å²) in [7, 11) is 1.90. The number of aryl methyl sites for hydroxylation is 2. The lowest BCUT2D eigenvalue weighted by atomic mass is 10.1. The average molecular weight is 221 g/mol. The molecule has 0 aliphatic rings. The van der Waals surface area contributed by atoms with E-state index in [1.165, 1.54) is 5.56 Å². The summed E-state index contributed by atoms with van der Waals surface area (Å²) < 4.78 is 1.79. The molecule has 0 spiro atoms. The fourth-order valence-electron chi connectivity index (χ4n) is 1.31. The zero-order valence-corrected chi connectivity index (χ0v) is 11.3. The van der Waals surface area contributed by atoms with E-state index in [1.807, 2.05) is 34.7 Å². The van der Waals surface area contributed by atoms with Gasteiger partial charge in [-0.05, 0) is 24.1 Å². The standard InChI is InChI=1S/C9H11N3.2C2H6/c1-3-7-4-5-9-8(6-7)10-11-12(9)2;2*1-2/h4-6H,3H2,1-2H3;2*1-2H3. The van der Waals surface area contributed by atoms with Crippen LogP contribution in [-0.2, 0) is 13.5 Å². The third kappa shape index (κ3) is 3.33. The predicted octanol–water partition coefficient (Wildman–Crippen LogP) is 3.58. The Bertz CT molecular complexity index is 404. The number of hydrogen-bond donors (Lipinski definition) is 0. The van der Waals surface area contributed by atoms with Crippen LogP contribution in [0.4, 0.5) is 0 Å². The molecule has 0 saturated carbocycles. The van der Waals surface area contributed by atoms with Crippen LogP contribution in [0.3, 0.4) is 0 Å². The number of fused-ring (bicyclic) bond motifs is 1. The first kappa shape index (κ1) is 14.6. The fraction of sp³-hybridized carbons (Fsp3) is 0.538.